The molecule has 0 radical (unpaired) electrons. The molecule has 0 atom stereocenters. The maximum atomic E-state index is 12.8. The van der Waals surface area contributed by atoms with Crippen LogP contribution in [0.3, 0.4) is 0 Å². The highest BCUT2D eigenvalue weighted by molar-refractivity contribution is 7.80. The average Bonchev–Trinajstić information content (AvgIpc) is 2.79. The predicted octanol–water partition coefficient (Wildman–Crippen LogP) is 3.82. The summed E-state index contributed by atoms with van der Waals surface area (Å²) in [6.45, 7) is 8.02. The highest BCUT2D eigenvalue weighted by Gasteiger charge is 2.32. The first-order chi connectivity index (χ1) is 15.5. The number of carbonyl (C=O) groups excluding carboxylic acids is 2. The molecular formula is C25H24N2O4S. The molecule has 1 saturated heterocycles. The monoisotopic (exact) mass is 448 g/mol. The molecule has 1 aliphatic rings. The molecule has 2 amide bonds. The molecule has 1 fully saturated rings. The third kappa shape index (κ3) is 5.12. The van der Waals surface area contributed by atoms with Crippen molar-refractivity contribution < 1.29 is 19.1 Å². The van der Waals surface area contributed by atoms with Crippen LogP contribution in [0.15, 0.2) is 73.3 Å². The number of hydrogen-bond donors (Lipinski definition) is 1. The lowest BCUT2D eigenvalue weighted by molar-refractivity contribution is -0.128. The van der Waals surface area contributed by atoms with Crippen molar-refractivity contribution >= 4 is 35.2 Å². The Labute approximate surface area is 192 Å². The van der Waals surface area contributed by atoms with Gasteiger partial charge in [-0.1, -0.05) is 42.5 Å². The minimum Gasteiger partial charge on any atom is -0.493 e. The van der Waals surface area contributed by atoms with Crippen molar-refractivity contribution in [2.45, 2.75) is 13.0 Å². The number of thiocarbonyl (C=S) groups is 1. The number of carbonyl (C=O) groups is 2. The quantitative estimate of drug-likeness (QED) is 0.273. The number of methoxy groups -OCH3 is 1. The van der Waals surface area contributed by atoms with Crippen molar-refractivity contribution in [1.29, 1.82) is 0 Å². The summed E-state index contributed by atoms with van der Waals surface area (Å²) in [4.78, 5) is 26.6. The van der Waals surface area contributed by atoms with Crippen molar-refractivity contribution in [3.8, 4) is 11.5 Å². The summed E-state index contributed by atoms with van der Waals surface area (Å²) < 4.78 is 11.6. The number of nitrogens with zero attached hydrogens (tertiary/aromatic N) is 1. The predicted molar refractivity (Wildman–Crippen MR) is 128 cm³/mol. The maximum absolute atomic E-state index is 12.8. The zero-order valence-corrected chi connectivity index (χ0v) is 18.6. The Morgan fingerprint density at radius 1 is 1.12 bits per heavy atom. The molecule has 2 aromatic rings. The third-order valence-electron chi connectivity index (χ3n) is 4.77. The molecule has 0 aromatic heterocycles. The average molecular weight is 449 g/mol. The molecule has 2 aromatic carbocycles. The van der Waals surface area contributed by atoms with E-state index in [0.717, 1.165) is 11.1 Å². The van der Waals surface area contributed by atoms with Crippen LogP contribution >= 0.6 is 12.2 Å². The summed E-state index contributed by atoms with van der Waals surface area (Å²) >= 11 is 5.10. The van der Waals surface area contributed by atoms with Crippen LogP contribution < -0.4 is 14.8 Å². The Kier molecular flexibility index (Phi) is 7.57. The van der Waals surface area contributed by atoms with E-state index in [2.05, 4.69) is 18.5 Å². The Morgan fingerprint density at radius 3 is 2.53 bits per heavy atom. The molecule has 0 spiro atoms. The van der Waals surface area contributed by atoms with Gasteiger partial charge in [0.25, 0.3) is 11.8 Å². The topological polar surface area (TPSA) is 67.9 Å². The van der Waals surface area contributed by atoms with E-state index in [4.69, 9.17) is 21.7 Å². The normalized spacial score (nSPS) is 14.8. The van der Waals surface area contributed by atoms with E-state index >= 15 is 0 Å². The fourth-order valence-electron chi connectivity index (χ4n) is 3.27. The van der Waals surface area contributed by atoms with E-state index in [1.165, 1.54) is 11.0 Å². The number of hydrogen-bond acceptors (Lipinski definition) is 5. The second kappa shape index (κ2) is 10.5. The molecule has 0 unspecified atom stereocenters. The van der Waals surface area contributed by atoms with Gasteiger partial charge in [-0.15, -0.1) is 13.2 Å². The zero-order chi connectivity index (χ0) is 23.1. The van der Waals surface area contributed by atoms with Gasteiger partial charge >= 0.3 is 0 Å². The van der Waals surface area contributed by atoms with Crippen LogP contribution in [0.1, 0.15) is 16.7 Å². The molecule has 164 valence electrons. The highest BCUT2D eigenvalue weighted by Crippen LogP contribution is 2.35. The van der Waals surface area contributed by atoms with Crippen molar-refractivity contribution in [3.05, 3.63) is 90.0 Å². The first-order valence-electron chi connectivity index (χ1n) is 9.96. The first kappa shape index (κ1) is 23.0. The largest absolute Gasteiger partial charge is 0.493 e. The van der Waals surface area contributed by atoms with Gasteiger partial charge in [-0.2, -0.15) is 0 Å². The zero-order valence-electron chi connectivity index (χ0n) is 17.8. The Morgan fingerprint density at radius 2 is 1.88 bits per heavy atom. The fraction of sp³-hybridized carbons (Fsp3) is 0.160. The summed E-state index contributed by atoms with van der Waals surface area (Å²) in [5.41, 5.74) is 2.44. The summed E-state index contributed by atoms with van der Waals surface area (Å²) in [7, 11) is 1.54. The van der Waals surface area contributed by atoms with Crippen LogP contribution in [0.2, 0.25) is 0 Å². The lowest BCUT2D eigenvalue weighted by atomic mass is 10.0. The second-order valence-corrected chi connectivity index (χ2v) is 7.39. The van der Waals surface area contributed by atoms with E-state index in [1.807, 2.05) is 36.4 Å². The Balaban J connectivity index is 1.98. The summed E-state index contributed by atoms with van der Waals surface area (Å²) in [6, 6.07) is 13.4. The van der Waals surface area contributed by atoms with Gasteiger partial charge in [-0.3, -0.25) is 19.8 Å². The van der Waals surface area contributed by atoms with Gasteiger partial charge in [0.05, 0.1) is 7.11 Å². The van der Waals surface area contributed by atoms with E-state index in [-0.39, 0.29) is 17.2 Å². The van der Waals surface area contributed by atoms with Crippen LogP contribution in [0, 0.1) is 0 Å². The maximum Gasteiger partial charge on any atom is 0.265 e. The van der Waals surface area contributed by atoms with Crippen molar-refractivity contribution in [3.63, 3.8) is 0 Å². The lowest BCUT2D eigenvalue weighted by Gasteiger charge is -2.27. The highest BCUT2D eigenvalue weighted by atomic mass is 32.1. The van der Waals surface area contributed by atoms with Crippen LogP contribution in [-0.2, 0) is 22.6 Å². The number of amides is 2. The van der Waals surface area contributed by atoms with Crippen LogP contribution in [0.5, 0.6) is 11.5 Å². The minimum absolute atomic E-state index is 0.0231. The number of ether oxygens (including phenoxy) is 2. The number of benzene rings is 2. The van der Waals surface area contributed by atoms with Crippen LogP contribution in [-0.4, -0.2) is 35.5 Å². The minimum atomic E-state index is -0.547. The Bertz CT molecular complexity index is 1090. The van der Waals surface area contributed by atoms with Crippen LogP contribution in [0.25, 0.3) is 6.08 Å². The molecule has 0 aliphatic carbocycles. The standard InChI is InChI=1S/C25H24N2O4S/c1-4-9-19-13-18(14-20-23(28)26-25(32)27(12-5-2)24(20)29)15-21(30-3)22(19)31-16-17-10-7-6-8-11-17/h4-8,10-11,13-15H,1-2,9,12,16H2,3H3,(H,26,28,32)/b20-14+. The van der Waals surface area contributed by atoms with Crippen molar-refractivity contribution in [2.75, 3.05) is 13.7 Å². The number of rotatable bonds is 9. The van der Waals surface area contributed by atoms with E-state index in [0.29, 0.717) is 30.1 Å². The molecule has 1 N–H and O–H groups in total. The van der Waals surface area contributed by atoms with Gasteiger partial charge in [0.1, 0.15) is 12.2 Å². The fourth-order valence-corrected chi connectivity index (χ4v) is 3.52. The van der Waals surface area contributed by atoms with Gasteiger partial charge in [-0.05, 0) is 48.0 Å². The van der Waals surface area contributed by atoms with Gasteiger partial charge in [0.15, 0.2) is 16.6 Å². The van der Waals surface area contributed by atoms with Crippen LogP contribution in [0.4, 0.5) is 0 Å². The Hall–Kier alpha value is -3.71. The molecule has 0 bridgehead atoms. The molecular weight excluding hydrogens is 424 g/mol. The second-order valence-electron chi connectivity index (χ2n) is 7.00. The number of nitrogens with one attached hydrogen (secondary N) is 1. The van der Waals surface area contributed by atoms with Gasteiger partial charge < -0.3 is 9.47 Å². The van der Waals surface area contributed by atoms with E-state index in [9.17, 15) is 9.59 Å². The summed E-state index contributed by atoms with van der Waals surface area (Å²) in [5, 5.41) is 2.60. The molecule has 0 saturated carbocycles. The van der Waals surface area contributed by atoms with Crippen molar-refractivity contribution in [2.24, 2.45) is 0 Å². The molecule has 1 aliphatic heterocycles. The SMILES string of the molecule is C=CCc1cc(/C=C2\C(=O)NC(=S)N(CC=C)C2=O)cc(OC)c1OCc1ccccc1. The molecule has 7 heteroatoms. The third-order valence-corrected chi connectivity index (χ3v) is 5.10. The molecule has 6 nitrogen and oxygen atoms in total. The molecule has 1 heterocycles. The van der Waals surface area contributed by atoms with Gasteiger partial charge in [-0.25, -0.2) is 0 Å². The smallest absolute Gasteiger partial charge is 0.265 e. The first-order valence-corrected chi connectivity index (χ1v) is 10.4. The van der Waals surface area contributed by atoms with Crippen molar-refractivity contribution in [1.82, 2.24) is 10.2 Å². The lowest BCUT2D eigenvalue weighted by Crippen LogP contribution is -2.53. The molecule has 32 heavy (non-hydrogen) atoms. The summed E-state index contributed by atoms with van der Waals surface area (Å²) in [6.07, 6.45) is 5.34. The van der Waals surface area contributed by atoms with E-state index in [1.54, 1.807) is 25.3 Å². The van der Waals surface area contributed by atoms with Gasteiger partial charge in [0, 0.05) is 12.1 Å². The van der Waals surface area contributed by atoms with E-state index < -0.39 is 11.8 Å². The number of allylic oxidation sites excluding steroid dienone is 1. The van der Waals surface area contributed by atoms with Gasteiger partial charge in [0.2, 0.25) is 0 Å². The molecule has 3 rings (SSSR count). The summed E-state index contributed by atoms with van der Waals surface area (Å²) in [5.74, 6) is 0.0581.